The number of anilines is 1. The fraction of sp³-hybridized carbons (Fsp3) is 0.300. The molecule has 0 fully saturated rings. The van der Waals surface area contributed by atoms with Crippen LogP contribution in [-0.4, -0.2) is 11.5 Å². The van der Waals surface area contributed by atoms with Crippen LogP contribution in [0.2, 0.25) is 0 Å². The van der Waals surface area contributed by atoms with E-state index in [2.05, 4.69) is 17.5 Å². The number of fused-ring (bicyclic) bond motifs is 3. The number of allylic oxidation sites excluding steroid dienone is 2. The Bertz CT molecular complexity index is 897. The highest BCUT2D eigenvalue weighted by Gasteiger charge is 2.41. The number of ether oxygens (including phenoxy) is 1. The lowest BCUT2D eigenvalue weighted by Gasteiger charge is -2.37. The van der Waals surface area contributed by atoms with Crippen LogP contribution < -0.4 is 10.1 Å². The van der Waals surface area contributed by atoms with Gasteiger partial charge in [-0.25, -0.2) is 4.39 Å². The van der Waals surface area contributed by atoms with Crippen molar-refractivity contribution >= 4 is 11.4 Å². The zero-order valence-corrected chi connectivity index (χ0v) is 14.3. The quantitative estimate of drug-likeness (QED) is 0.479. The Labute approximate surface area is 150 Å². The van der Waals surface area contributed by atoms with Crippen LogP contribution in [0.25, 0.3) is 0 Å². The summed E-state index contributed by atoms with van der Waals surface area (Å²) >= 11 is 0. The SMILES string of the molecule is CCOc1cc2c(c([N+](=O)[O-])c1)N[C@H](c1ccccc1F)[C@H]1CC=C[C@@H]21. The first-order valence-electron chi connectivity index (χ1n) is 8.73. The standard InChI is InChI=1S/C20H19FN2O3/c1-2-26-12-10-16-13-7-5-8-14(13)19(15-6-3-4-9-17(15)21)22-20(16)18(11-12)23(24)25/h3-7,9-11,13-14,19,22H,2,8H2,1H3/t13-,14+,19+/m1/s1. The third-order valence-corrected chi connectivity index (χ3v) is 5.17. The van der Waals surface area contributed by atoms with Crippen LogP contribution in [0.15, 0.2) is 48.6 Å². The number of nitrogens with one attached hydrogen (secondary N) is 1. The molecule has 0 saturated carbocycles. The van der Waals surface area contributed by atoms with Gasteiger partial charge in [-0.05, 0) is 37.0 Å². The Morgan fingerprint density at radius 3 is 2.85 bits per heavy atom. The van der Waals surface area contributed by atoms with Crippen LogP contribution in [0.1, 0.15) is 36.4 Å². The van der Waals surface area contributed by atoms with Gasteiger partial charge in [0.2, 0.25) is 0 Å². The monoisotopic (exact) mass is 354 g/mol. The zero-order chi connectivity index (χ0) is 18.3. The molecule has 0 amide bonds. The predicted octanol–water partition coefficient (Wildman–Crippen LogP) is 4.96. The van der Waals surface area contributed by atoms with Crippen LogP contribution in [0.3, 0.4) is 0 Å². The van der Waals surface area contributed by atoms with E-state index in [4.69, 9.17) is 4.74 Å². The number of nitrogens with zero attached hydrogens (tertiary/aromatic N) is 1. The van der Waals surface area contributed by atoms with Crippen molar-refractivity contribution in [2.45, 2.75) is 25.3 Å². The minimum absolute atomic E-state index is 0.00466. The Morgan fingerprint density at radius 1 is 1.31 bits per heavy atom. The van der Waals surface area contributed by atoms with Crippen LogP contribution in [0.5, 0.6) is 5.75 Å². The maximum atomic E-state index is 14.4. The van der Waals surface area contributed by atoms with Crippen molar-refractivity contribution in [3.63, 3.8) is 0 Å². The van der Waals surface area contributed by atoms with E-state index < -0.39 is 4.92 Å². The zero-order valence-electron chi connectivity index (χ0n) is 14.3. The second-order valence-corrected chi connectivity index (χ2v) is 6.59. The molecule has 0 spiro atoms. The summed E-state index contributed by atoms with van der Waals surface area (Å²) in [7, 11) is 0. The molecule has 1 heterocycles. The highest BCUT2D eigenvalue weighted by atomic mass is 19.1. The number of halogens is 1. The highest BCUT2D eigenvalue weighted by molar-refractivity contribution is 5.73. The largest absolute Gasteiger partial charge is 0.494 e. The summed E-state index contributed by atoms with van der Waals surface area (Å²) in [4.78, 5) is 11.2. The van der Waals surface area contributed by atoms with Crippen LogP contribution >= 0.6 is 0 Å². The molecule has 134 valence electrons. The van der Waals surface area contributed by atoms with Gasteiger partial charge in [0.15, 0.2) is 0 Å². The molecular formula is C20H19FN2O3. The average molecular weight is 354 g/mol. The third kappa shape index (κ3) is 2.62. The molecule has 2 aromatic rings. The lowest BCUT2D eigenvalue weighted by atomic mass is 9.76. The van der Waals surface area contributed by atoms with E-state index in [1.807, 2.05) is 13.0 Å². The molecule has 4 rings (SSSR count). The molecule has 3 atom stereocenters. The molecule has 26 heavy (non-hydrogen) atoms. The van der Waals surface area contributed by atoms with Crippen LogP contribution in [-0.2, 0) is 0 Å². The fourth-order valence-electron chi connectivity index (χ4n) is 4.08. The molecule has 1 aliphatic heterocycles. The molecule has 2 aliphatic rings. The second-order valence-electron chi connectivity index (χ2n) is 6.59. The van der Waals surface area contributed by atoms with Gasteiger partial charge in [0.25, 0.3) is 5.69 Å². The maximum absolute atomic E-state index is 14.4. The van der Waals surface area contributed by atoms with Crippen molar-refractivity contribution in [3.05, 3.63) is 75.6 Å². The van der Waals surface area contributed by atoms with E-state index in [0.29, 0.717) is 23.6 Å². The summed E-state index contributed by atoms with van der Waals surface area (Å²) < 4.78 is 19.9. The molecule has 1 aliphatic carbocycles. The molecule has 1 N–H and O–H groups in total. The van der Waals surface area contributed by atoms with Gasteiger partial charge in [0, 0.05) is 11.5 Å². The van der Waals surface area contributed by atoms with E-state index in [1.165, 1.54) is 12.1 Å². The maximum Gasteiger partial charge on any atom is 0.296 e. The van der Waals surface area contributed by atoms with E-state index in [1.54, 1.807) is 18.2 Å². The minimum Gasteiger partial charge on any atom is -0.494 e. The molecule has 2 aromatic carbocycles. The first-order chi connectivity index (χ1) is 12.6. The summed E-state index contributed by atoms with van der Waals surface area (Å²) in [6, 6.07) is 9.59. The summed E-state index contributed by atoms with van der Waals surface area (Å²) in [5, 5.41) is 14.9. The predicted molar refractivity (Wildman–Crippen MR) is 97.0 cm³/mol. The van der Waals surface area contributed by atoms with Crippen molar-refractivity contribution in [1.82, 2.24) is 0 Å². The number of hydrogen-bond donors (Lipinski definition) is 1. The van der Waals surface area contributed by atoms with E-state index in [-0.39, 0.29) is 29.4 Å². The van der Waals surface area contributed by atoms with Crippen LogP contribution in [0.4, 0.5) is 15.8 Å². The van der Waals surface area contributed by atoms with Gasteiger partial charge >= 0.3 is 0 Å². The van der Waals surface area contributed by atoms with Gasteiger partial charge in [-0.3, -0.25) is 10.1 Å². The van der Waals surface area contributed by atoms with Crippen molar-refractivity contribution in [3.8, 4) is 5.75 Å². The van der Waals surface area contributed by atoms with E-state index in [0.717, 1.165) is 12.0 Å². The van der Waals surface area contributed by atoms with Crippen molar-refractivity contribution in [2.75, 3.05) is 11.9 Å². The van der Waals surface area contributed by atoms with Gasteiger partial charge in [0.1, 0.15) is 17.3 Å². The van der Waals surface area contributed by atoms with E-state index >= 15 is 0 Å². The summed E-state index contributed by atoms with van der Waals surface area (Å²) in [6.45, 7) is 2.28. The van der Waals surface area contributed by atoms with Crippen molar-refractivity contribution < 1.29 is 14.1 Å². The lowest BCUT2D eigenvalue weighted by Crippen LogP contribution is -2.30. The number of hydrogen-bond acceptors (Lipinski definition) is 4. The molecular weight excluding hydrogens is 335 g/mol. The number of benzene rings is 2. The first kappa shape index (κ1) is 16.6. The number of nitro groups is 1. The van der Waals surface area contributed by atoms with Crippen LogP contribution in [0, 0.1) is 21.8 Å². The second kappa shape index (κ2) is 6.44. The third-order valence-electron chi connectivity index (χ3n) is 5.17. The molecule has 0 unspecified atom stereocenters. The fourth-order valence-corrected chi connectivity index (χ4v) is 4.08. The Hall–Kier alpha value is -2.89. The summed E-state index contributed by atoms with van der Waals surface area (Å²) in [5.41, 5.74) is 1.81. The molecule has 0 bridgehead atoms. The van der Waals surface area contributed by atoms with Gasteiger partial charge in [-0.2, -0.15) is 0 Å². The minimum atomic E-state index is -0.411. The van der Waals surface area contributed by atoms with Gasteiger partial charge < -0.3 is 10.1 Å². The summed E-state index contributed by atoms with van der Waals surface area (Å²) in [5.74, 6) is 0.293. The van der Waals surface area contributed by atoms with E-state index in [9.17, 15) is 14.5 Å². The smallest absolute Gasteiger partial charge is 0.296 e. The Morgan fingerprint density at radius 2 is 2.12 bits per heavy atom. The number of rotatable bonds is 4. The Kier molecular flexibility index (Phi) is 4.11. The highest BCUT2D eigenvalue weighted by Crippen LogP contribution is 2.53. The first-order valence-corrected chi connectivity index (χ1v) is 8.73. The molecule has 6 heteroatoms. The van der Waals surface area contributed by atoms with Crippen molar-refractivity contribution in [1.29, 1.82) is 0 Å². The van der Waals surface area contributed by atoms with Gasteiger partial charge in [-0.1, -0.05) is 30.4 Å². The molecule has 0 aromatic heterocycles. The summed E-state index contributed by atoms with van der Waals surface area (Å²) in [6.07, 6.45) is 4.93. The van der Waals surface area contributed by atoms with Gasteiger partial charge in [-0.15, -0.1) is 0 Å². The molecule has 5 nitrogen and oxygen atoms in total. The number of nitro benzene ring substituents is 1. The average Bonchev–Trinajstić information content (AvgIpc) is 3.11. The molecule has 0 radical (unpaired) electrons. The van der Waals surface area contributed by atoms with Gasteiger partial charge in [0.05, 0.1) is 23.6 Å². The molecule has 0 saturated heterocycles. The topological polar surface area (TPSA) is 64.4 Å². The van der Waals surface area contributed by atoms with Crippen molar-refractivity contribution in [2.24, 2.45) is 5.92 Å². The normalized spacial score (nSPS) is 23.1. The lowest BCUT2D eigenvalue weighted by molar-refractivity contribution is -0.384. The Balaban J connectivity index is 1.87.